The van der Waals surface area contributed by atoms with E-state index in [1.807, 2.05) is 13.8 Å². The number of rotatable bonds is 6. The van der Waals surface area contributed by atoms with Crippen molar-refractivity contribution in [2.24, 2.45) is 11.8 Å². The van der Waals surface area contributed by atoms with E-state index in [1.165, 1.54) is 7.11 Å². The number of carbonyl (C=O) groups excluding carboxylic acids is 2. The number of morpholine rings is 1. The first-order valence-corrected chi connectivity index (χ1v) is 6.72. The molecule has 1 aliphatic rings. The molecule has 1 atom stereocenters. The van der Waals surface area contributed by atoms with E-state index in [1.54, 1.807) is 0 Å². The Balaban J connectivity index is 2.33. The highest BCUT2D eigenvalue weighted by molar-refractivity contribution is 5.97. The fourth-order valence-corrected chi connectivity index (χ4v) is 2.08. The molecule has 6 heteroatoms. The minimum absolute atomic E-state index is 0.0733. The number of carbonyl (C=O) groups is 2. The van der Waals surface area contributed by atoms with Crippen LogP contribution in [-0.2, 0) is 19.1 Å². The third-order valence-electron chi connectivity index (χ3n) is 3.24. The van der Waals surface area contributed by atoms with E-state index >= 15 is 0 Å². The molecule has 1 amide bonds. The van der Waals surface area contributed by atoms with E-state index in [2.05, 4.69) is 15.0 Å². The van der Waals surface area contributed by atoms with Crippen molar-refractivity contribution in [3.05, 3.63) is 0 Å². The first-order chi connectivity index (χ1) is 9.06. The largest absolute Gasteiger partial charge is 0.468 e. The molecular weight excluding hydrogens is 248 g/mol. The summed E-state index contributed by atoms with van der Waals surface area (Å²) in [6.07, 6.45) is 0. The van der Waals surface area contributed by atoms with Crippen LogP contribution >= 0.6 is 0 Å². The summed E-state index contributed by atoms with van der Waals surface area (Å²) in [6, 6.07) is 0. The summed E-state index contributed by atoms with van der Waals surface area (Å²) < 4.78 is 9.92. The smallest absolute Gasteiger partial charge is 0.318 e. The van der Waals surface area contributed by atoms with Gasteiger partial charge in [0.25, 0.3) is 0 Å². The van der Waals surface area contributed by atoms with Gasteiger partial charge in [-0.25, -0.2) is 0 Å². The van der Waals surface area contributed by atoms with E-state index in [4.69, 9.17) is 4.74 Å². The van der Waals surface area contributed by atoms with E-state index in [9.17, 15) is 9.59 Å². The quantitative estimate of drug-likeness (QED) is 0.539. The summed E-state index contributed by atoms with van der Waals surface area (Å²) in [6.45, 7) is 8.25. The lowest BCUT2D eigenvalue weighted by atomic mass is 9.95. The van der Waals surface area contributed by atoms with E-state index < -0.39 is 11.9 Å². The van der Waals surface area contributed by atoms with Crippen molar-refractivity contribution in [3.63, 3.8) is 0 Å². The topological polar surface area (TPSA) is 67.9 Å². The van der Waals surface area contributed by atoms with Crippen LogP contribution in [0.25, 0.3) is 0 Å². The number of amides is 1. The average Bonchev–Trinajstić information content (AvgIpc) is 2.39. The number of hydrogen-bond acceptors (Lipinski definition) is 5. The van der Waals surface area contributed by atoms with Gasteiger partial charge in [-0.1, -0.05) is 13.8 Å². The molecule has 1 heterocycles. The summed E-state index contributed by atoms with van der Waals surface area (Å²) in [7, 11) is 1.30. The van der Waals surface area contributed by atoms with Crippen LogP contribution in [0.15, 0.2) is 0 Å². The van der Waals surface area contributed by atoms with Gasteiger partial charge in [-0.3, -0.25) is 14.5 Å². The number of ether oxygens (including phenoxy) is 2. The Hall–Kier alpha value is -1.14. The van der Waals surface area contributed by atoms with Gasteiger partial charge >= 0.3 is 5.97 Å². The third-order valence-corrected chi connectivity index (χ3v) is 3.24. The molecule has 0 radical (unpaired) electrons. The molecule has 0 unspecified atom stereocenters. The van der Waals surface area contributed by atoms with E-state index in [0.29, 0.717) is 6.54 Å². The van der Waals surface area contributed by atoms with Crippen LogP contribution in [-0.4, -0.2) is 63.3 Å². The van der Waals surface area contributed by atoms with Crippen LogP contribution in [0.1, 0.15) is 13.8 Å². The predicted octanol–water partition coefficient (Wildman–Crippen LogP) is -0.120. The maximum absolute atomic E-state index is 12.0. The van der Waals surface area contributed by atoms with Crippen molar-refractivity contribution in [1.29, 1.82) is 0 Å². The minimum Gasteiger partial charge on any atom is -0.468 e. The van der Waals surface area contributed by atoms with Gasteiger partial charge in [-0.2, -0.15) is 0 Å². The van der Waals surface area contributed by atoms with Gasteiger partial charge in [0.15, 0.2) is 0 Å². The SMILES string of the molecule is COC(=O)[C@@H](C(=O)NCCN1CCOCC1)C(C)C. The van der Waals surface area contributed by atoms with Crippen LogP contribution in [0.2, 0.25) is 0 Å². The average molecular weight is 272 g/mol. The van der Waals surface area contributed by atoms with Crippen molar-refractivity contribution >= 4 is 11.9 Å². The number of methoxy groups -OCH3 is 1. The molecule has 0 aliphatic carbocycles. The highest BCUT2D eigenvalue weighted by Gasteiger charge is 2.30. The van der Waals surface area contributed by atoms with Gasteiger partial charge in [0.2, 0.25) is 5.91 Å². The van der Waals surface area contributed by atoms with Crippen molar-refractivity contribution in [2.45, 2.75) is 13.8 Å². The molecule has 0 saturated carbocycles. The Morgan fingerprint density at radius 2 is 1.95 bits per heavy atom. The van der Waals surface area contributed by atoms with Crippen LogP contribution in [0.5, 0.6) is 0 Å². The molecule has 0 bridgehead atoms. The molecule has 6 nitrogen and oxygen atoms in total. The van der Waals surface area contributed by atoms with Crippen molar-refractivity contribution in [3.8, 4) is 0 Å². The molecule has 1 aliphatic heterocycles. The number of esters is 1. The second-order valence-electron chi connectivity index (χ2n) is 4.99. The Kier molecular flexibility index (Phi) is 6.80. The van der Waals surface area contributed by atoms with Crippen LogP contribution in [0.4, 0.5) is 0 Å². The monoisotopic (exact) mass is 272 g/mol. The summed E-state index contributed by atoms with van der Waals surface area (Å²) in [4.78, 5) is 25.7. The summed E-state index contributed by atoms with van der Waals surface area (Å²) in [5.74, 6) is -1.53. The maximum atomic E-state index is 12.0. The molecule has 19 heavy (non-hydrogen) atoms. The molecule has 110 valence electrons. The number of nitrogens with zero attached hydrogens (tertiary/aromatic N) is 1. The first-order valence-electron chi connectivity index (χ1n) is 6.72. The third kappa shape index (κ3) is 5.16. The van der Waals surface area contributed by atoms with Gasteiger partial charge in [0.1, 0.15) is 5.92 Å². The Morgan fingerprint density at radius 3 is 2.47 bits per heavy atom. The molecule has 1 saturated heterocycles. The normalized spacial score (nSPS) is 18.1. The second kappa shape index (κ2) is 8.12. The highest BCUT2D eigenvalue weighted by atomic mass is 16.5. The van der Waals surface area contributed by atoms with Crippen molar-refractivity contribution in [2.75, 3.05) is 46.5 Å². The Morgan fingerprint density at radius 1 is 1.32 bits per heavy atom. The number of hydrogen-bond donors (Lipinski definition) is 1. The molecule has 1 rings (SSSR count). The highest BCUT2D eigenvalue weighted by Crippen LogP contribution is 2.12. The van der Waals surface area contributed by atoms with Crippen molar-refractivity contribution < 1.29 is 19.1 Å². The standard InChI is InChI=1S/C13H24N2O4/c1-10(2)11(13(17)18-3)12(16)14-4-5-15-6-8-19-9-7-15/h10-11H,4-9H2,1-3H3,(H,14,16)/t11-/m1/s1. The fourth-order valence-electron chi connectivity index (χ4n) is 2.08. The van der Waals surface area contributed by atoms with Gasteiger partial charge in [0, 0.05) is 26.2 Å². The van der Waals surface area contributed by atoms with Crippen LogP contribution in [0, 0.1) is 11.8 Å². The van der Waals surface area contributed by atoms with Crippen LogP contribution in [0.3, 0.4) is 0 Å². The van der Waals surface area contributed by atoms with Gasteiger partial charge in [0.05, 0.1) is 20.3 Å². The van der Waals surface area contributed by atoms with Gasteiger partial charge in [-0.05, 0) is 5.92 Å². The summed E-state index contributed by atoms with van der Waals surface area (Å²) in [5, 5.41) is 2.80. The van der Waals surface area contributed by atoms with Gasteiger partial charge < -0.3 is 14.8 Å². The Bertz CT molecular complexity index is 301. The Labute approximate surface area is 114 Å². The molecule has 0 spiro atoms. The summed E-state index contributed by atoms with van der Waals surface area (Å²) >= 11 is 0. The van der Waals surface area contributed by atoms with E-state index in [0.717, 1.165) is 32.8 Å². The molecular formula is C13H24N2O4. The lowest BCUT2D eigenvalue weighted by Crippen LogP contribution is -2.44. The fraction of sp³-hybridized carbons (Fsp3) is 0.846. The minimum atomic E-state index is -0.727. The number of nitrogens with one attached hydrogen (secondary N) is 1. The maximum Gasteiger partial charge on any atom is 0.318 e. The predicted molar refractivity (Wildman–Crippen MR) is 70.6 cm³/mol. The lowest BCUT2D eigenvalue weighted by molar-refractivity contribution is -0.151. The molecule has 1 N–H and O–H groups in total. The van der Waals surface area contributed by atoms with E-state index in [-0.39, 0.29) is 11.8 Å². The molecule has 0 aromatic rings. The molecule has 0 aromatic carbocycles. The first kappa shape index (κ1) is 15.9. The second-order valence-corrected chi connectivity index (χ2v) is 4.99. The zero-order chi connectivity index (χ0) is 14.3. The molecule has 1 fully saturated rings. The van der Waals surface area contributed by atoms with Gasteiger partial charge in [-0.15, -0.1) is 0 Å². The lowest BCUT2D eigenvalue weighted by Gasteiger charge is -2.27. The van der Waals surface area contributed by atoms with Crippen LogP contribution < -0.4 is 5.32 Å². The zero-order valence-corrected chi connectivity index (χ0v) is 12.0. The summed E-state index contributed by atoms with van der Waals surface area (Å²) in [5.41, 5.74) is 0. The molecule has 0 aromatic heterocycles. The van der Waals surface area contributed by atoms with Crippen molar-refractivity contribution in [1.82, 2.24) is 10.2 Å². The zero-order valence-electron chi connectivity index (χ0n) is 12.0.